The van der Waals surface area contributed by atoms with Crippen LogP contribution in [0.25, 0.3) is 0 Å². The Morgan fingerprint density at radius 3 is 2.82 bits per heavy atom. The molecule has 0 aliphatic heterocycles. The lowest BCUT2D eigenvalue weighted by atomic mass is 9.66. The van der Waals surface area contributed by atoms with E-state index in [0.717, 1.165) is 12.8 Å². The van der Waals surface area contributed by atoms with Crippen LogP contribution in [0.3, 0.4) is 0 Å². The van der Waals surface area contributed by atoms with Crippen LogP contribution in [0.4, 0.5) is 0 Å². The molecule has 1 fully saturated rings. The Morgan fingerprint density at radius 2 is 2.35 bits per heavy atom. The molecule has 94 valence electrons. The van der Waals surface area contributed by atoms with Crippen molar-refractivity contribution in [1.29, 1.82) is 0 Å². The van der Waals surface area contributed by atoms with Crippen LogP contribution < -0.4 is 5.73 Å². The molecule has 1 aromatic rings. The van der Waals surface area contributed by atoms with E-state index in [9.17, 15) is 4.79 Å². The Morgan fingerprint density at radius 1 is 1.65 bits per heavy atom. The van der Waals surface area contributed by atoms with Gasteiger partial charge in [0.15, 0.2) is 5.78 Å². The maximum atomic E-state index is 12.3. The number of nitrogens with zero attached hydrogens (tertiary/aromatic N) is 2. The van der Waals surface area contributed by atoms with Gasteiger partial charge in [-0.2, -0.15) is 5.10 Å². The lowest BCUT2D eigenvalue weighted by Gasteiger charge is -2.40. The summed E-state index contributed by atoms with van der Waals surface area (Å²) < 4.78 is 1.66. The number of nitrogens with two attached hydrogens (primary N) is 1. The number of carbonyl (C=O) groups is 1. The normalized spacial score (nSPS) is 17.8. The quantitative estimate of drug-likeness (QED) is 0.821. The minimum absolute atomic E-state index is 0.0171. The predicted octanol–water partition coefficient (Wildman–Crippen LogP) is 2.26. The first-order chi connectivity index (χ1) is 8.12. The van der Waals surface area contributed by atoms with E-state index < -0.39 is 0 Å². The highest BCUT2D eigenvalue weighted by Crippen LogP contribution is 2.43. The lowest BCUT2D eigenvalue weighted by molar-refractivity contribution is 0.0776. The van der Waals surface area contributed by atoms with Gasteiger partial charge in [0.05, 0.1) is 11.2 Å². The fourth-order valence-electron chi connectivity index (χ4n) is 2.43. The monoisotopic (exact) mass is 255 g/mol. The zero-order chi connectivity index (χ0) is 12.5. The van der Waals surface area contributed by atoms with E-state index in [2.05, 4.69) is 5.10 Å². The first-order valence-corrected chi connectivity index (χ1v) is 6.44. The average Bonchev–Trinajstić information content (AvgIpc) is 2.64. The van der Waals surface area contributed by atoms with Gasteiger partial charge in [-0.3, -0.25) is 9.48 Å². The van der Waals surface area contributed by atoms with Crippen molar-refractivity contribution in [2.24, 2.45) is 11.1 Å². The van der Waals surface area contributed by atoms with Crippen molar-refractivity contribution in [1.82, 2.24) is 9.78 Å². The van der Waals surface area contributed by atoms with Crippen molar-refractivity contribution in [3.63, 3.8) is 0 Å². The van der Waals surface area contributed by atoms with Gasteiger partial charge < -0.3 is 5.73 Å². The summed E-state index contributed by atoms with van der Waals surface area (Å²) in [6.45, 7) is 3.18. The Bertz CT molecular complexity index is 418. The number of hydrogen-bond donors (Lipinski definition) is 1. The predicted molar refractivity (Wildman–Crippen MR) is 67.2 cm³/mol. The molecule has 2 rings (SSSR count). The van der Waals surface area contributed by atoms with Gasteiger partial charge in [0.1, 0.15) is 5.69 Å². The van der Waals surface area contributed by atoms with Gasteiger partial charge in [-0.15, -0.1) is 0 Å². The number of halogens is 1. The number of ketones is 1. The Balaban J connectivity index is 2.16. The molecule has 0 unspecified atom stereocenters. The summed E-state index contributed by atoms with van der Waals surface area (Å²) in [5, 5.41) is 4.54. The summed E-state index contributed by atoms with van der Waals surface area (Å²) in [6, 6.07) is 0. The van der Waals surface area contributed by atoms with E-state index >= 15 is 0 Å². The maximum Gasteiger partial charge on any atom is 0.182 e. The highest BCUT2D eigenvalue weighted by Gasteiger charge is 2.38. The summed E-state index contributed by atoms with van der Waals surface area (Å²) in [6.07, 6.45) is 5.30. The zero-order valence-corrected chi connectivity index (χ0v) is 10.8. The van der Waals surface area contributed by atoms with Gasteiger partial charge in [0.2, 0.25) is 0 Å². The first kappa shape index (κ1) is 12.6. The van der Waals surface area contributed by atoms with Crippen LogP contribution in [-0.4, -0.2) is 22.1 Å². The Labute approximate surface area is 106 Å². The molecule has 0 radical (unpaired) electrons. The second kappa shape index (κ2) is 4.78. The largest absolute Gasteiger partial charge is 0.330 e. The van der Waals surface area contributed by atoms with Crippen molar-refractivity contribution in [3.05, 3.63) is 16.9 Å². The van der Waals surface area contributed by atoms with Gasteiger partial charge in [0, 0.05) is 13.0 Å². The van der Waals surface area contributed by atoms with Crippen molar-refractivity contribution in [2.75, 3.05) is 6.54 Å². The molecule has 4 nitrogen and oxygen atoms in total. The Kier molecular flexibility index (Phi) is 3.54. The van der Waals surface area contributed by atoms with Crippen LogP contribution in [-0.2, 0) is 6.54 Å². The summed E-state index contributed by atoms with van der Waals surface area (Å²) in [5.41, 5.74) is 6.32. The topological polar surface area (TPSA) is 60.9 Å². The number of aryl methyl sites for hydroxylation is 1. The van der Waals surface area contributed by atoms with E-state index in [4.69, 9.17) is 17.3 Å². The zero-order valence-electron chi connectivity index (χ0n) is 10.1. The number of Topliss-reactive ketones (excluding diaryl/α,β-unsaturated/α-hetero) is 1. The van der Waals surface area contributed by atoms with Crippen molar-refractivity contribution < 1.29 is 4.79 Å². The molecule has 0 aromatic carbocycles. The van der Waals surface area contributed by atoms with Crippen molar-refractivity contribution in [2.45, 2.75) is 39.2 Å². The molecule has 1 aromatic heterocycles. The molecule has 1 aliphatic rings. The van der Waals surface area contributed by atoms with Crippen LogP contribution in [0.15, 0.2) is 6.20 Å². The first-order valence-electron chi connectivity index (χ1n) is 6.06. The molecule has 0 spiro atoms. The molecule has 0 amide bonds. The van der Waals surface area contributed by atoms with Gasteiger partial charge in [0.25, 0.3) is 0 Å². The molecule has 5 heteroatoms. The third-order valence-corrected chi connectivity index (χ3v) is 4.02. The summed E-state index contributed by atoms with van der Waals surface area (Å²) in [5.74, 6) is 0.0690. The van der Waals surface area contributed by atoms with Crippen molar-refractivity contribution in [3.8, 4) is 0 Å². The Hall–Kier alpha value is -0.870. The van der Waals surface area contributed by atoms with E-state index in [1.54, 1.807) is 4.68 Å². The van der Waals surface area contributed by atoms with E-state index in [1.165, 1.54) is 12.6 Å². The van der Waals surface area contributed by atoms with Crippen LogP contribution >= 0.6 is 11.6 Å². The minimum Gasteiger partial charge on any atom is -0.330 e. The fourth-order valence-corrected chi connectivity index (χ4v) is 2.68. The molecule has 1 aliphatic carbocycles. The van der Waals surface area contributed by atoms with E-state index in [0.29, 0.717) is 30.2 Å². The number of hydrogen-bond acceptors (Lipinski definition) is 3. The standard InChI is InChI=1S/C12H18ClN3O/c1-2-16-11(9(13)7-15-16)10(17)6-12(8-14)4-3-5-12/h7H,2-6,8,14H2,1H3. The van der Waals surface area contributed by atoms with Crippen molar-refractivity contribution >= 4 is 17.4 Å². The highest BCUT2D eigenvalue weighted by molar-refractivity contribution is 6.33. The summed E-state index contributed by atoms with van der Waals surface area (Å²) in [7, 11) is 0. The van der Waals surface area contributed by atoms with Gasteiger partial charge in [-0.05, 0) is 31.7 Å². The molecule has 0 saturated heterocycles. The van der Waals surface area contributed by atoms with Gasteiger partial charge >= 0.3 is 0 Å². The van der Waals surface area contributed by atoms with Crippen LogP contribution in [0.2, 0.25) is 5.02 Å². The summed E-state index contributed by atoms with van der Waals surface area (Å²) >= 11 is 6.02. The van der Waals surface area contributed by atoms with Gasteiger partial charge in [-0.1, -0.05) is 18.0 Å². The molecule has 0 atom stereocenters. The molecule has 0 bridgehead atoms. The fraction of sp³-hybridized carbons (Fsp3) is 0.667. The molecule has 1 saturated carbocycles. The molecule has 17 heavy (non-hydrogen) atoms. The maximum absolute atomic E-state index is 12.3. The van der Waals surface area contributed by atoms with Crippen LogP contribution in [0.1, 0.15) is 43.1 Å². The summed E-state index contributed by atoms with van der Waals surface area (Å²) in [4.78, 5) is 12.3. The second-order valence-corrected chi connectivity index (χ2v) is 5.22. The van der Waals surface area contributed by atoms with E-state index in [1.807, 2.05) is 6.92 Å². The molecular weight excluding hydrogens is 238 g/mol. The SMILES string of the molecule is CCn1ncc(Cl)c1C(=O)CC1(CN)CCC1. The second-order valence-electron chi connectivity index (χ2n) is 4.81. The number of carbonyl (C=O) groups excluding carboxylic acids is 1. The van der Waals surface area contributed by atoms with Gasteiger partial charge in [-0.25, -0.2) is 0 Å². The number of aromatic nitrogens is 2. The average molecular weight is 256 g/mol. The number of rotatable bonds is 5. The third kappa shape index (κ3) is 2.24. The highest BCUT2D eigenvalue weighted by atomic mass is 35.5. The molecular formula is C12H18ClN3O. The molecule has 2 N–H and O–H groups in total. The van der Waals surface area contributed by atoms with Crippen LogP contribution in [0.5, 0.6) is 0 Å². The van der Waals surface area contributed by atoms with Crippen LogP contribution in [0, 0.1) is 5.41 Å². The minimum atomic E-state index is 0.0171. The smallest absolute Gasteiger partial charge is 0.182 e. The third-order valence-electron chi connectivity index (χ3n) is 3.74. The molecule has 1 heterocycles. The lowest BCUT2D eigenvalue weighted by Crippen LogP contribution is -2.39. The van der Waals surface area contributed by atoms with E-state index in [-0.39, 0.29) is 11.2 Å².